The van der Waals surface area contributed by atoms with E-state index in [0.717, 1.165) is 0 Å². The van der Waals surface area contributed by atoms with E-state index in [1.54, 1.807) is 18.2 Å². The van der Waals surface area contributed by atoms with Gasteiger partial charge in [0.05, 0.1) is 5.69 Å². The lowest BCUT2D eigenvalue weighted by Crippen LogP contribution is -2.44. The number of carbonyl (C=O) groups excluding carboxylic acids is 1. The van der Waals surface area contributed by atoms with Crippen molar-refractivity contribution in [1.82, 2.24) is 0 Å². The molecule has 1 fully saturated rings. The van der Waals surface area contributed by atoms with E-state index >= 15 is 0 Å². The number of nitrogens with two attached hydrogens (primary N) is 3. The highest BCUT2D eigenvalue weighted by atomic mass is 16.5. The molecule has 0 aliphatic carbocycles. The molecule has 0 saturated carbocycles. The number of nitrogens with zero attached hydrogens (tertiary/aromatic N) is 1. The molecule has 1 aliphatic rings. The monoisotopic (exact) mass is 264 g/mol. The molecular weight excluding hydrogens is 244 g/mol. The second-order valence-electron chi connectivity index (χ2n) is 4.64. The molecule has 19 heavy (non-hydrogen) atoms. The van der Waals surface area contributed by atoms with Gasteiger partial charge in [-0.1, -0.05) is 6.07 Å². The number of amides is 1. The van der Waals surface area contributed by atoms with Crippen molar-refractivity contribution in [2.45, 2.75) is 19.4 Å². The van der Waals surface area contributed by atoms with E-state index in [1.165, 1.54) is 5.01 Å². The van der Waals surface area contributed by atoms with Crippen LogP contribution in [-0.2, 0) is 16.1 Å². The number of hydrazine groups is 1. The van der Waals surface area contributed by atoms with E-state index in [2.05, 4.69) is 0 Å². The first kappa shape index (κ1) is 13.8. The molecule has 0 aromatic heterocycles. The summed E-state index contributed by atoms with van der Waals surface area (Å²) in [5.74, 6) is 5.75. The molecule has 1 amide bonds. The number of hydrogen-bond donors (Lipinski definition) is 3. The predicted octanol–water partition coefficient (Wildman–Crippen LogP) is 0.361. The van der Waals surface area contributed by atoms with Crippen LogP contribution in [0.15, 0.2) is 18.2 Å². The Labute approximate surface area is 112 Å². The molecule has 104 valence electrons. The first-order valence-electron chi connectivity index (χ1n) is 6.39. The van der Waals surface area contributed by atoms with Gasteiger partial charge in [-0.15, -0.1) is 0 Å². The second-order valence-corrected chi connectivity index (χ2v) is 4.64. The van der Waals surface area contributed by atoms with Crippen LogP contribution in [0.2, 0.25) is 0 Å². The van der Waals surface area contributed by atoms with Gasteiger partial charge in [-0.05, 0) is 25.0 Å². The highest BCUT2D eigenvalue weighted by Gasteiger charge is 2.26. The summed E-state index contributed by atoms with van der Waals surface area (Å²) in [5, 5.41) is 1.18. The first-order chi connectivity index (χ1) is 9.15. The van der Waals surface area contributed by atoms with Crippen molar-refractivity contribution in [3.8, 4) is 0 Å². The van der Waals surface area contributed by atoms with Crippen LogP contribution in [0.4, 0.5) is 11.4 Å². The summed E-state index contributed by atoms with van der Waals surface area (Å²) in [5.41, 5.74) is 13.4. The number of anilines is 2. The molecule has 6 heteroatoms. The van der Waals surface area contributed by atoms with Gasteiger partial charge in [0, 0.05) is 36.9 Å². The summed E-state index contributed by atoms with van der Waals surface area (Å²) in [6, 6.07) is 5.27. The van der Waals surface area contributed by atoms with Gasteiger partial charge in [-0.3, -0.25) is 4.79 Å². The summed E-state index contributed by atoms with van der Waals surface area (Å²) >= 11 is 0. The number of benzene rings is 1. The second kappa shape index (κ2) is 6.01. The van der Waals surface area contributed by atoms with Gasteiger partial charge < -0.3 is 16.2 Å². The highest BCUT2D eigenvalue weighted by molar-refractivity contribution is 5.95. The molecule has 1 aromatic carbocycles. The predicted molar refractivity (Wildman–Crippen MR) is 74.0 cm³/mol. The molecule has 0 radical (unpaired) electrons. The van der Waals surface area contributed by atoms with Gasteiger partial charge in [-0.25, -0.2) is 10.9 Å². The quantitative estimate of drug-likeness (QED) is 0.316. The van der Waals surface area contributed by atoms with Gasteiger partial charge >= 0.3 is 0 Å². The summed E-state index contributed by atoms with van der Waals surface area (Å²) in [7, 11) is 0. The van der Waals surface area contributed by atoms with Gasteiger partial charge in [0.15, 0.2) is 0 Å². The average molecular weight is 264 g/mol. The SMILES string of the molecule is NCc1c(N)cccc1N(N)C(=O)C1CCOCC1. The molecule has 2 rings (SSSR count). The lowest BCUT2D eigenvalue weighted by molar-refractivity contribution is -0.125. The van der Waals surface area contributed by atoms with E-state index in [4.69, 9.17) is 22.0 Å². The van der Waals surface area contributed by atoms with E-state index in [0.29, 0.717) is 43.0 Å². The zero-order valence-electron chi connectivity index (χ0n) is 10.8. The van der Waals surface area contributed by atoms with Gasteiger partial charge in [0.1, 0.15) is 0 Å². The third-order valence-corrected chi connectivity index (χ3v) is 3.46. The smallest absolute Gasteiger partial charge is 0.244 e. The molecule has 1 aromatic rings. The summed E-state index contributed by atoms with van der Waals surface area (Å²) < 4.78 is 5.25. The molecule has 0 atom stereocenters. The normalized spacial score (nSPS) is 16.3. The minimum Gasteiger partial charge on any atom is -0.398 e. The third kappa shape index (κ3) is 2.86. The van der Waals surface area contributed by atoms with E-state index < -0.39 is 0 Å². The maximum atomic E-state index is 12.3. The lowest BCUT2D eigenvalue weighted by atomic mass is 9.98. The number of carbonyl (C=O) groups is 1. The fourth-order valence-corrected chi connectivity index (χ4v) is 2.30. The summed E-state index contributed by atoms with van der Waals surface area (Å²) in [6.45, 7) is 1.45. The van der Waals surface area contributed by atoms with Crippen LogP contribution < -0.4 is 22.3 Å². The number of ether oxygens (including phenoxy) is 1. The van der Waals surface area contributed by atoms with Crippen molar-refractivity contribution in [2.75, 3.05) is 24.0 Å². The number of hydrogen-bond acceptors (Lipinski definition) is 5. The molecular formula is C13H20N4O2. The van der Waals surface area contributed by atoms with Gasteiger partial charge in [0.25, 0.3) is 0 Å². The van der Waals surface area contributed by atoms with Gasteiger partial charge in [-0.2, -0.15) is 0 Å². The lowest BCUT2D eigenvalue weighted by Gasteiger charge is -2.27. The van der Waals surface area contributed by atoms with Crippen molar-refractivity contribution < 1.29 is 9.53 Å². The standard InChI is InChI=1S/C13H20N4O2/c14-8-10-11(15)2-1-3-12(10)17(16)13(18)9-4-6-19-7-5-9/h1-3,9H,4-8,14-16H2. The van der Waals surface area contributed by atoms with Crippen LogP contribution in [0.5, 0.6) is 0 Å². The van der Waals surface area contributed by atoms with Crippen molar-refractivity contribution in [1.29, 1.82) is 0 Å². The van der Waals surface area contributed by atoms with Crippen molar-refractivity contribution >= 4 is 17.3 Å². The van der Waals surface area contributed by atoms with Crippen LogP contribution in [0.3, 0.4) is 0 Å². The van der Waals surface area contributed by atoms with E-state index in [9.17, 15) is 4.79 Å². The first-order valence-corrected chi connectivity index (χ1v) is 6.39. The molecule has 6 nitrogen and oxygen atoms in total. The van der Waals surface area contributed by atoms with Gasteiger partial charge in [0.2, 0.25) is 5.91 Å². The Hall–Kier alpha value is -1.63. The maximum absolute atomic E-state index is 12.3. The molecule has 1 heterocycles. The molecule has 1 saturated heterocycles. The minimum atomic E-state index is -0.108. The fourth-order valence-electron chi connectivity index (χ4n) is 2.30. The van der Waals surface area contributed by atoms with Crippen molar-refractivity contribution in [3.63, 3.8) is 0 Å². The molecule has 0 spiro atoms. The average Bonchev–Trinajstić information content (AvgIpc) is 2.46. The summed E-state index contributed by atoms with van der Waals surface area (Å²) in [6.07, 6.45) is 1.40. The molecule has 6 N–H and O–H groups in total. The highest BCUT2D eigenvalue weighted by Crippen LogP contribution is 2.26. The largest absolute Gasteiger partial charge is 0.398 e. The Balaban J connectivity index is 2.21. The minimum absolute atomic E-state index is 0.0918. The Morgan fingerprint density at radius 3 is 2.68 bits per heavy atom. The topological polar surface area (TPSA) is 108 Å². The number of rotatable bonds is 3. The van der Waals surface area contributed by atoms with E-state index in [-0.39, 0.29) is 18.4 Å². The molecule has 0 unspecified atom stereocenters. The third-order valence-electron chi connectivity index (χ3n) is 3.46. The van der Waals surface area contributed by atoms with Crippen LogP contribution in [0.1, 0.15) is 18.4 Å². The Morgan fingerprint density at radius 1 is 1.37 bits per heavy atom. The summed E-state index contributed by atoms with van der Waals surface area (Å²) in [4.78, 5) is 12.3. The number of nitrogen functional groups attached to an aromatic ring is 1. The van der Waals surface area contributed by atoms with Crippen molar-refractivity contribution in [2.24, 2.45) is 17.5 Å². The van der Waals surface area contributed by atoms with E-state index in [1.807, 2.05) is 0 Å². The van der Waals surface area contributed by atoms with Crippen LogP contribution >= 0.6 is 0 Å². The van der Waals surface area contributed by atoms with Crippen LogP contribution in [0.25, 0.3) is 0 Å². The zero-order valence-corrected chi connectivity index (χ0v) is 10.8. The fraction of sp³-hybridized carbons (Fsp3) is 0.462. The maximum Gasteiger partial charge on any atom is 0.244 e. The van der Waals surface area contributed by atoms with Crippen LogP contribution in [-0.4, -0.2) is 19.1 Å². The molecule has 0 bridgehead atoms. The Morgan fingerprint density at radius 2 is 2.05 bits per heavy atom. The van der Waals surface area contributed by atoms with Crippen molar-refractivity contribution in [3.05, 3.63) is 23.8 Å². The Bertz CT molecular complexity index is 458. The molecule has 1 aliphatic heterocycles. The zero-order chi connectivity index (χ0) is 13.8. The van der Waals surface area contributed by atoms with Crippen LogP contribution in [0, 0.1) is 5.92 Å². The Kier molecular flexibility index (Phi) is 4.36.